The van der Waals surface area contributed by atoms with E-state index >= 15 is 0 Å². The minimum absolute atomic E-state index is 0.0338. The van der Waals surface area contributed by atoms with Crippen LogP contribution in [0, 0.1) is 0 Å². The molecular weight excluding hydrogens is 224 g/mol. The van der Waals surface area contributed by atoms with Crippen LogP contribution in [0.2, 0.25) is 0 Å². The molecule has 0 rings (SSSR count). The number of carbonyl (C=O) groups is 2. The molecular formula is C12H22O5. The molecule has 0 atom stereocenters. The molecule has 17 heavy (non-hydrogen) atoms. The second-order valence-corrected chi connectivity index (χ2v) is 3.73. The molecule has 0 saturated heterocycles. The van der Waals surface area contributed by atoms with Crippen LogP contribution in [-0.4, -0.2) is 37.9 Å². The summed E-state index contributed by atoms with van der Waals surface area (Å²) in [5, 5.41) is 0. The average molecular weight is 246 g/mol. The number of ketones is 1. The van der Waals surface area contributed by atoms with Crippen molar-refractivity contribution in [2.45, 2.75) is 46.3 Å². The molecule has 0 aromatic heterocycles. The normalized spacial score (nSPS) is 10.6. The molecule has 0 spiro atoms. The summed E-state index contributed by atoms with van der Waals surface area (Å²) < 4.78 is 15.6. The molecule has 100 valence electrons. The number of hydrogen-bond acceptors (Lipinski definition) is 5. The van der Waals surface area contributed by atoms with Crippen LogP contribution in [0.15, 0.2) is 0 Å². The van der Waals surface area contributed by atoms with E-state index in [2.05, 4.69) is 0 Å². The smallest absolute Gasteiger partial charge is 0.313 e. The first-order chi connectivity index (χ1) is 8.10. The summed E-state index contributed by atoms with van der Waals surface area (Å²) in [5.74, 6) is -0.752. The van der Waals surface area contributed by atoms with E-state index in [1.165, 1.54) is 6.92 Å². The van der Waals surface area contributed by atoms with Crippen molar-refractivity contribution in [1.29, 1.82) is 0 Å². The van der Waals surface area contributed by atoms with Crippen molar-refractivity contribution in [3.63, 3.8) is 0 Å². The highest BCUT2D eigenvalue weighted by molar-refractivity contribution is 5.94. The van der Waals surface area contributed by atoms with E-state index in [0.717, 1.165) is 12.8 Å². The molecule has 0 aliphatic heterocycles. The lowest BCUT2D eigenvalue weighted by molar-refractivity contribution is -0.182. The first-order valence-corrected chi connectivity index (χ1v) is 5.98. The third kappa shape index (κ3) is 9.96. The third-order valence-electron chi connectivity index (χ3n) is 1.79. The van der Waals surface area contributed by atoms with Crippen molar-refractivity contribution in [2.75, 3.05) is 19.8 Å². The SMILES string of the molecule is CCCOC(COC(=O)CC(C)=O)OCCC. The molecule has 0 N–H and O–H groups in total. The molecule has 0 radical (unpaired) electrons. The molecule has 0 aromatic carbocycles. The van der Waals surface area contributed by atoms with Crippen LogP contribution >= 0.6 is 0 Å². The summed E-state index contributed by atoms with van der Waals surface area (Å²) in [6.07, 6.45) is 1.00. The van der Waals surface area contributed by atoms with Crippen molar-refractivity contribution < 1.29 is 23.8 Å². The van der Waals surface area contributed by atoms with E-state index < -0.39 is 12.3 Å². The Morgan fingerprint density at radius 3 is 2.00 bits per heavy atom. The zero-order valence-electron chi connectivity index (χ0n) is 10.9. The maximum atomic E-state index is 11.2. The number of ether oxygens (including phenoxy) is 3. The number of esters is 1. The monoisotopic (exact) mass is 246 g/mol. The lowest BCUT2D eigenvalue weighted by atomic mass is 10.3. The van der Waals surface area contributed by atoms with Gasteiger partial charge in [0.2, 0.25) is 0 Å². The van der Waals surface area contributed by atoms with Gasteiger partial charge in [-0.3, -0.25) is 9.59 Å². The predicted octanol–water partition coefficient (Wildman–Crippen LogP) is 1.69. The Bertz CT molecular complexity index is 219. The highest BCUT2D eigenvalue weighted by Crippen LogP contribution is 2.00. The standard InChI is InChI=1S/C12H22O5/c1-4-6-15-12(16-7-5-2)9-17-11(14)8-10(3)13/h12H,4-9H2,1-3H3. The highest BCUT2D eigenvalue weighted by atomic mass is 16.7. The molecule has 0 amide bonds. The minimum Gasteiger partial charge on any atom is -0.460 e. The van der Waals surface area contributed by atoms with Gasteiger partial charge in [0, 0.05) is 13.2 Å². The quantitative estimate of drug-likeness (QED) is 0.333. The Kier molecular flexibility index (Phi) is 9.66. The lowest BCUT2D eigenvalue weighted by Gasteiger charge is -2.17. The molecule has 0 heterocycles. The maximum absolute atomic E-state index is 11.2. The van der Waals surface area contributed by atoms with Gasteiger partial charge in [0.25, 0.3) is 0 Å². The second kappa shape index (κ2) is 10.2. The van der Waals surface area contributed by atoms with Gasteiger partial charge in [-0.05, 0) is 19.8 Å². The van der Waals surface area contributed by atoms with Gasteiger partial charge < -0.3 is 14.2 Å². The fourth-order valence-corrected chi connectivity index (χ4v) is 1.06. The Balaban J connectivity index is 3.87. The average Bonchev–Trinajstić information content (AvgIpc) is 2.27. The molecule has 0 fully saturated rings. The largest absolute Gasteiger partial charge is 0.460 e. The first-order valence-electron chi connectivity index (χ1n) is 5.98. The molecule has 5 nitrogen and oxygen atoms in total. The summed E-state index contributed by atoms with van der Waals surface area (Å²) in [6.45, 7) is 6.46. The van der Waals surface area contributed by atoms with Gasteiger partial charge in [-0.2, -0.15) is 0 Å². The first kappa shape index (κ1) is 16.1. The van der Waals surface area contributed by atoms with E-state index in [1.54, 1.807) is 0 Å². The minimum atomic E-state index is -0.539. The number of rotatable bonds is 10. The van der Waals surface area contributed by atoms with E-state index in [4.69, 9.17) is 14.2 Å². The van der Waals surface area contributed by atoms with E-state index in [-0.39, 0.29) is 18.8 Å². The van der Waals surface area contributed by atoms with Crippen LogP contribution < -0.4 is 0 Å². The molecule has 5 heteroatoms. The number of Topliss-reactive ketones (excluding diaryl/α,β-unsaturated/α-hetero) is 1. The van der Waals surface area contributed by atoms with Crippen LogP contribution in [0.25, 0.3) is 0 Å². The van der Waals surface area contributed by atoms with Crippen molar-refractivity contribution in [3.8, 4) is 0 Å². The Morgan fingerprint density at radius 1 is 1.06 bits per heavy atom. The Morgan fingerprint density at radius 2 is 1.59 bits per heavy atom. The lowest BCUT2D eigenvalue weighted by Crippen LogP contribution is -2.26. The predicted molar refractivity (Wildman–Crippen MR) is 62.5 cm³/mol. The zero-order valence-corrected chi connectivity index (χ0v) is 10.9. The van der Waals surface area contributed by atoms with Gasteiger partial charge in [0.15, 0.2) is 6.29 Å². The highest BCUT2D eigenvalue weighted by Gasteiger charge is 2.13. The summed E-state index contributed by atoms with van der Waals surface area (Å²) in [6, 6.07) is 0. The van der Waals surface area contributed by atoms with Gasteiger partial charge >= 0.3 is 5.97 Å². The molecule has 0 bridgehead atoms. The van der Waals surface area contributed by atoms with E-state index in [9.17, 15) is 9.59 Å². The topological polar surface area (TPSA) is 61.8 Å². The van der Waals surface area contributed by atoms with Crippen molar-refractivity contribution in [1.82, 2.24) is 0 Å². The maximum Gasteiger partial charge on any atom is 0.313 e. The molecule has 0 saturated carbocycles. The Labute approximate surface area is 102 Å². The fourth-order valence-electron chi connectivity index (χ4n) is 1.06. The second-order valence-electron chi connectivity index (χ2n) is 3.73. The summed E-state index contributed by atoms with van der Waals surface area (Å²) in [4.78, 5) is 21.8. The fraction of sp³-hybridized carbons (Fsp3) is 0.833. The molecule has 0 aliphatic carbocycles. The van der Waals surface area contributed by atoms with Gasteiger partial charge in [-0.15, -0.1) is 0 Å². The van der Waals surface area contributed by atoms with Crippen LogP contribution in [0.3, 0.4) is 0 Å². The van der Waals surface area contributed by atoms with Gasteiger partial charge in [0.05, 0.1) is 0 Å². The van der Waals surface area contributed by atoms with E-state index in [1.807, 2.05) is 13.8 Å². The van der Waals surface area contributed by atoms with Gasteiger partial charge in [-0.1, -0.05) is 13.8 Å². The summed E-state index contributed by atoms with van der Waals surface area (Å²) in [7, 11) is 0. The summed E-state index contributed by atoms with van der Waals surface area (Å²) >= 11 is 0. The zero-order chi connectivity index (χ0) is 13.1. The Hall–Kier alpha value is -0.940. The molecule has 0 aromatic rings. The van der Waals surface area contributed by atoms with Gasteiger partial charge in [0.1, 0.15) is 18.8 Å². The van der Waals surface area contributed by atoms with E-state index in [0.29, 0.717) is 13.2 Å². The van der Waals surface area contributed by atoms with Crippen LogP contribution in [0.4, 0.5) is 0 Å². The van der Waals surface area contributed by atoms with Crippen LogP contribution in [-0.2, 0) is 23.8 Å². The van der Waals surface area contributed by atoms with Crippen LogP contribution in [0.5, 0.6) is 0 Å². The molecule has 0 unspecified atom stereocenters. The van der Waals surface area contributed by atoms with Crippen molar-refractivity contribution in [3.05, 3.63) is 0 Å². The van der Waals surface area contributed by atoms with Crippen LogP contribution in [0.1, 0.15) is 40.0 Å². The van der Waals surface area contributed by atoms with Gasteiger partial charge in [-0.25, -0.2) is 0 Å². The number of hydrogen-bond donors (Lipinski definition) is 0. The van der Waals surface area contributed by atoms with Crippen molar-refractivity contribution in [2.24, 2.45) is 0 Å². The molecule has 0 aliphatic rings. The summed E-state index contributed by atoms with van der Waals surface area (Å²) in [5.41, 5.74) is 0. The third-order valence-corrected chi connectivity index (χ3v) is 1.79. The van der Waals surface area contributed by atoms with Crippen molar-refractivity contribution >= 4 is 11.8 Å². The number of carbonyl (C=O) groups excluding carboxylic acids is 2.